The molecule has 3 rings (SSSR count). The van der Waals surface area contributed by atoms with Crippen LogP contribution in [0.3, 0.4) is 0 Å². The first-order chi connectivity index (χ1) is 12.0. The SMILES string of the molecule is Cc1c(/C=N\NC(=O)c2cc3ccccc3cc2O)cc(C#N)n1C. The quantitative estimate of drug-likeness (QED) is 0.571. The van der Waals surface area contributed by atoms with Gasteiger partial charge in [-0.25, -0.2) is 5.43 Å². The fourth-order valence-corrected chi connectivity index (χ4v) is 2.59. The normalized spacial score (nSPS) is 10.9. The lowest BCUT2D eigenvalue weighted by Gasteiger charge is -2.05. The number of phenolic OH excluding ortho intramolecular Hbond substituents is 1. The summed E-state index contributed by atoms with van der Waals surface area (Å²) in [5, 5.41) is 24.7. The molecule has 0 unspecified atom stereocenters. The van der Waals surface area contributed by atoms with Crippen molar-refractivity contribution in [1.82, 2.24) is 9.99 Å². The van der Waals surface area contributed by atoms with Crippen LogP contribution < -0.4 is 5.43 Å². The zero-order valence-electron chi connectivity index (χ0n) is 13.8. The number of fused-ring (bicyclic) bond motifs is 1. The predicted octanol–water partition coefficient (Wildman–Crippen LogP) is 2.83. The van der Waals surface area contributed by atoms with Gasteiger partial charge < -0.3 is 9.67 Å². The molecule has 0 bridgehead atoms. The van der Waals surface area contributed by atoms with Gasteiger partial charge in [-0.1, -0.05) is 24.3 Å². The van der Waals surface area contributed by atoms with Crippen molar-refractivity contribution in [2.24, 2.45) is 12.1 Å². The summed E-state index contributed by atoms with van der Waals surface area (Å²) >= 11 is 0. The monoisotopic (exact) mass is 332 g/mol. The minimum atomic E-state index is -0.506. The zero-order chi connectivity index (χ0) is 18.0. The number of phenols is 1. The molecule has 1 aromatic heterocycles. The van der Waals surface area contributed by atoms with E-state index < -0.39 is 5.91 Å². The van der Waals surface area contributed by atoms with Crippen LogP contribution in [0.1, 0.15) is 27.3 Å². The Balaban J connectivity index is 1.81. The maximum Gasteiger partial charge on any atom is 0.275 e. The van der Waals surface area contributed by atoms with Crippen LogP contribution in [0.25, 0.3) is 10.8 Å². The van der Waals surface area contributed by atoms with Crippen molar-refractivity contribution >= 4 is 22.9 Å². The summed E-state index contributed by atoms with van der Waals surface area (Å²) < 4.78 is 1.75. The van der Waals surface area contributed by atoms with Crippen LogP contribution in [0.2, 0.25) is 0 Å². The molecule has 2 N–H and O–H groups in total. The summed E-state index contributed by atoms with van der Waals surface area (Å²) in [5.74, 6) is -0.609. The number of hydrogen-bond acceptors (Lipinski definition) is 4. The highest BCUT2D eigenvalue weighted by Crippen LogP contribution is 2.24. The van der Waals surface area contributed by atoms with Crippen molar-refractivity contribution in [1.29, 1.82) is 5.26 Å². The Hall–Kier alpha value is -3.59. The third-order valence-corrected chi connectivity index (χ3v) is 4.17. The van der Waals surface area contributed by atoms with Crippen molar-refractivity contribution < 1.29 is 9.90 Å². The lowest BCUT2D eigenvalue weighted by atomic mass is 10.1. The van der Waals surface area contributed by atoms with Crippen molar-refractivity contribution in [2.45, 2.75) is 6.92 Å². The van der Waals surface area contributed by atoms with Gasteiger partial charge in [0.25, 0.3) is 5.91 Å². The van der Waals surface area contributed by atoms with Crippen molar-refractivity contribution in [2.75, 3.05) is 0 Å². The number of rotatable bonds is 3. The molecule has 0 aliphatic carbocycles. The number of benzene rings is 2. The lowest BCUT2D eigenvalue weighted by Crippen LogP contribution is -2.17. The Morgan fingerprint density at radius 1 is 1.28 bits per heavy atom. The highest BCUT2D eigenvalue weighted by atomic mass is 16.3. The number of aromatic hydroxyl groups is 1. The van der Waals surface area contributed by atoms with Gasteiger partial charge in [0, 0.05) is 18.3 Å². The van der Waals surface area contributed by atoms with E-state index in [1.54, 1.807) is 29.8 Å². The summed E-state index contributed by atoms with van der Waals surface area (Å²) in [6.45, 7) is 1.86. The molecular formula is C19H16N4O2. The van der Waals surface area contributed by atoms with E-state index in [1.165, 1.54) is 6.21 Å². The van der Waals surface area contributed by atoms with E-state index in [2.05, 4.69) is 16.6 Å². The number of carbonyl (C=O) groups is 1. The van der Waals surface area contributed by atoms with Gasteiger partial charge >= 0.3 is 0 Å². The summed E-state index contributed by atoms with van der Waals surface area (Å²) in [5.41, 5.74) is 4.67. The van der Waals surface area contributed by atoms with E-state index in [4.69, 9.17) is 5.26 Å². The van der Waals surface area contributed by atoms with Gasteiger partial charge in [0.05, 0.1) is 11.8 Å². The molecule has 0 radical (unpaired) electrons. The first-order valence-corrected chi connectivity index (χ1v) is 7.63. The zero-order valence-corrected chi connectivity index (χ0v) is 13.8. The van der Waals surface area contributed by atoms with Crippen LogP contribution in [0.5, 0.6) is 5.75 Å². The van der Waals surface area contributed by atoms with Gasteiger partial charge in [0.2, 0.25) is 0 Å². The van der Waals surface area contributed by atoms with Gasteiger partial charge in [0.1, 0.15) is 17.5 Å². The van der Waals surface area contributed by atoms with Crippen molar-refractivity contribution in [3.05, 3.63) is 65.0 Å². The van der Waals surface area contributed by atoms with Crippen LogP contribution in [-0.4, -0.2) is 21.8 Å². The van der Waals surface area contributed by atoms with E-state index >= 15 is 0 Å². The maximum atomic E-state index is 12.3. The Morgan fingerprint density at radius 3 is 2.60 bits per heavy atom. The molecule has 2 aromatic carbocycles. The molecule has 0 spiro atoms. The Kier molecular flexibility index (Phi) is 4.23. The summed E-state index contributed by atoms with van der Waals surface area (Å²) in [6, 6.07) is 14.4. The van der Waals surface area contributed by atoms with E-state index in [0.717, 1.165) is 22.0 Å². The molecule has 124 valence electrons. The number of nitrogens with zero attached hydrogens (tertiary/aromatic N) is 3. The summed E-state index contributed by atoms with van der Waals surface area (Å²) in [4.78, 5) is 12.3. The van der Waals surface area contributed by atoms with Crippen LogP contribution in [-0.2, 0) is 7.05 Å². The van der Waals surface area contributed by atoms with Gasteiger partial charge in [-0.3, -0.25) is 4.79 Å². The van der Waals surface area contributed by atoms with Crippen LogP contribution in [0, 0.1) is 18.3 Å². The van der Waals surface area contributed by atoms with E-state index in [9.17, 15) is 9.90 Å². The van der Waals surface area contributed by atoms with Gasteiger partial charge in [-0.15, -0.1) is 0 Å². The van der Waals surface area contributed by atoms with E-state index in [0.29, 0.717) is 5.69 Å². The molecular weight excluding hydrogens is 316 g/mol. The number of nitriles is 1. The van der Waals surface area contributed by atoms with Crippen molar-refractivity contribution in [3.63, 3.8) is 0 Å². The second-order valence-corrected chi connectivity index (χ2v) is 5.66. The van der Waals surface area contributed by atoms with Crippen LogP contribution in [0.15, 0.2) is 47.6 Å². The minimum Gasteiger partial charge on any atom is -0.507 e. The van der Waals surface area contributed by atoms with E-state index in [1.807, 2.05) is 31.2 Å². The van der Waals surface area contributed by atoms with Gasteiger partial charge in [-0.2, -0.15) is 10.4 Å². The summed E-state index contributed by atoms with van der Waals surface area (Å²) in [7, 11) is 1.79. The number of hydrazone groups is 1. The fourth-order valence-electron chi connectivity index (χ4n) is 2.59. The number of hydrogen-bond donors (Lipinski definition) is 2. The molecule has 0 atom stereocenters. The van der Waals surface area contributed by atoms with E-state index in [-0.39, 0.29) is 11.3 Å². The molecule has 0 aliphatic rings. The predicted molar refractivity (Wildman–Crippen MR) is 95.5 cm³/mol. The summed E-state index contributed by atoms with van der Waals surface area (Å²) in [6.07, 6.45) is 1.48. The molecule has 0 saturated heterocycles. The molecule has 0 fully saturated rings. The number of carbonyl (C=O) groups excluding carboxylic acids is 1. The first-order valence-electron chi connectivity index (χ1n) is 7.63. The fraction of sp³-hybridized carbons (Fsp3) is 0.105. The molecule has 6 heteroatoms. The topological polar surface area (TPSA) is 90.4 Å². The average Bonchev–Trinajstić information content (AvgIpc) is 2.89. The number of aromatic nitrogens is 1. The molecule has 0 saturated carbocycles. The Labute approximate surface area is 144 Å². The molecule has 0 aliphatic heterocycles. The Morgan fingerprint density at radius 2 is 1.96 bits per heavy atom. The largest absolute Gasteiger partial charge is 0.507 e. The number of amides is 1. The first kappa shape index (κ1) is 16.3. The molecule has 1 heterocycles. The highest BCUT2D eigenvalue weighted by molar-refractivity contribution is 6.01. The minimum absolute atomic E-state index is 0.103. The van der Waals surface area contributed by atoms with Crippen molar-refractivity contribution in [3.8, 4) is 11.8 Å². The second-order valence-electron chi connectivity index (χ2n) is 5.66. The Bertz CT molecular complexity index is 1040. The van der Waals surface area contributed by atoms with Gasteiger partial charge in [0.15, 0.2) is 0 Å². The maximum absolute atomic E-state index is 12.3. The van der Waals surface area contributed by atoms with Crippen LogP contribution >= 0.6 is 0 Å². The lowest BCUT2D eigenvalue weighted by molar-refractivity contribution is 0.0952. The van der Waals surface area contributed by atoms with Gasteiger partial charge in [-0.05, 0) is 35.9 Å². The molecule has 3 aromatic rings. The number of nitrogens with one attached hydrogen (secondary N) is 1. The smallest absolute Gasteiger partial charge is 0.275 e. The van der Waals surface area contributed by atoms with Crippen LogP contribution in [0.4, 0.5) is 0 Å². The standard InChI is InChI=1S/C19H16N4O2/c1-12-15(7-16(10-20)23(12)2)11-21-22-19(25)17-8-13-5-3-4-6-14(13)9-18(17)24/h3-9,11,24H,1-2H3,(H,22,25)/b21-11-. The molecule has 1 amide bonds. The third kappa shape index (κ3) is 3.08. The molecule has 6 nitrogen and oxygen atoms in total. The third-order valence-electron chi connectivity index (χ3n) is 4.17. The average molecular weight is 332 g/mol. The second kappa shape index (κ2) is 6.49. The highest BCUT2D eigenvalue weighted by Gasteiger charge is 2.12. The molecule has 25 heavy (non-hydrogen) atoms.